The van der Waals surface area contributed by atoms with Crippen molar-refractivity contribution in [3.05, 3.63) is 35.4 Å². The topological polar surface area (TPSA) is 46.5 Å². The van der Waals surface area contributed by atoms with Crippen LogP contribution in [0.1, 0.15) is 44.4 Å². The highest BCUT2D eigenvalue weighted by atomic mass is 16.5. The van der Waals surface area contributed by atoms with Gasteiger partial charge in [-0.25, -0.2) is 0 Å². The molecule has 0 saturated heterocycles. The minimum atomic E-state index is -0.737. The predicted octanol–water partition coefficient (Wildman–Crippen LogP) is 3.44. The van der Waals surface area contributed by atoms with E-state index in [9.17, 15) is 9.90 Å². The van der Waals surface area contributed by atoms with Gasteiger partial charge in [0.2, 0.25) is 0 Å². The molecule has 1 heterocycles. The highest BCUT2D eigenvalue weighted by Crippen LogP contribution is 2.38. The van der Waals surface area contributed by atoms with Crippen molar-refractivity contribution in [2.24, 2.45) is 11.3 Å². The van der Waals surface area contributed by atoms with Gasteiger partial charge in [0, 0.05) is 0 Å². The van der Waals surface area contributed by atoms with E-state index in [1.54, 1.807) is 0 Å². The third kappa shape index (κ3) is 3.16. The van der Waals surface area contributed by atoms with Crippen LogP contribution < -0.4 is 0 Å². The molecule has 1 aliphatic heterocycles. The molecule has 1 aromatic carbocycles. The smallest absolute Gasteiger partial charge is 0.307 e. The fraction of sp³-hybridized carbons (Fsp3) is 0.562. The molecule has 19 heavy (non-hydrogen) atoms. The van der Waals surface area contributed by atoms with E-state index in [-0.39, 0.29) is 11.5 Å². The van der Waals surface area contributed by atoms with Crippen LogP contribution in [0.3, 0.4) is 0 Å². The molecule has 0 aromatic heterocycles. The van der Waals surface area contributed by atoms with E-state index in [1.807, 2.05) is 32.9 Å². The highest BCUT2D eigenvalue weighted by molar-refractivity contribution is 5.71. The van der Waals surface area contributed by atoms with Crippen LogP contribution in [0, 0.1) is 11.3 Å². The molecular weight excluding hydrogens is 240 g/mol. The fourth-order valence-corrected chi connectivity index (χ4v) is 2.71. The quantitative estimate of drug-likeness (QED) is 0.907. The van der Waals surface area contributed by atoms with Crippen molar-refractivity contribution >= 4 is 5.97 Å². The number of carboxylic acids is 1. The summed E-state index contributed by atoms with van der Waals surface area (Å²) in [6.45, 7) is 6.60. The lowest BCUT2D eigenvalue weighted by Crippen LogP contribution is -2.31. The minimum absolute atomic E-state index is 0.0923. The molecule has 1 N–H and O–H groups in total. The van der Waals surface area contributed by atoms with E-state index in [0.29, 0.717) is 13.0 Å². The van der Waals surface area contributed by atoms with Gasteiger partial charge in [-0.15, -0.1) is 0 Å². The number of carbonyl (C=O) groups is 1. The Kier molecular flexibility index (Phi) is 3.95. The molecule has 0 aliphatic carbocycles. The average molecular weight is 262 g/mol. The second-order valence-corrected chi connectivity index (χ2v) is 6.30. The molecular formula is C16H22O3. The number of carboxylic acid groups (broad SMARTS) is 1. The van der Waals surface area contributed by atoms with E-state index in [0.717, 1.165) is 12.0 Å². The average Bonchev–Trinajstić information content (AvgIpc) is 2.34. The molecule has 0 spiro atoms. The second-order valence-electron chi connectivity index (χ2n) is 6.30. The Morgan fingerprint density at radius 2 is 2.11 bits per heavy atom. The zero-order valence-corrected chi connectivity index (χ0v) is 11.8. The van der Waals surface area contributed by atoms with Gasteiger partial charge >= 0.3 is 5.97 Å². The van der Waals surface area contributed by atoms with Gasteiger partial charge in [0.25, 0.3) is 0 Å². The van der Waals surface area contributed by atoms with Gasteiger partial charge in [0.15, 0.2) is 0 Å². The molecule has 3 nitrogen and oxygen atoms in total. The summed E-state index contributed by atoms with van der Waals surface area (Å²) in [7, 11) is 0. The Labute approximate surface area is 114 Å². The molecule has 104 valence electrons. The Bertz CT molecular complexity index is 459. The second kappa shape index (κ2) is 5.33. The van der Waals surface area contributed by atoms with E-state index in [4.69, 9.17) is 4.74 Å². The summed E-state index contributed by atoms with van der Waals surface area (Å²) in [5.41, 5.74) is 2.18. The third-order valence-corrected chi connectivity index (χ3v) is 3.89. The first-order valence-electron chi connectivity index (χ1n) is 6.82. The monoisotopic (exact) mass is 262 g/mol. The summed E-state index contributed by atoms with van der Waals surface area (Å²) in [6, 6.07) is 8.19. The molecule has 2 atom stereocenters. The standard InChI is InChI=1S/C16H22O3/c1-16(2,3)13(15(17)18)10-14-12-7-5-4-6-11(12)8-9-19-14/h4-7,13-14H,8-10H2,1-3H3,(H,17,18). The fourth-order valence-electron chi connectivity index (χ4n) is 2.71. The molecule has 1 aliphatic rings. The maximum atomic E-state index is 11.5. The number of hydrogen-bond donors (Lipinski definition) is 1. The minimum Gasteiger partial charge on any atom is -0.481 e. The molecule has 0 bridgehead atoms. The summed E-state index contributed by atoms with van der Waals surface area (Å²) in [6.07, 6.45) is 1.36. The van der Waals surface area contributed by atoms with E-state index >= 15 is 0 Å². The largest absolute Gasteiger partial charge is 0.481 e. The molecule has 2 unspecified atom stereocenters. The molecule has 0 amide bonds. The highest BCUT2D eigenvalue weighted by Gasteiger charge is 2.35. The summed E-state index contributed by atoms with van der Waals surface area (Å²) >= 11 is 0. The Morgan fingerprint density at radius 3 is 2.74 bits per heavy atom. The SMILES string of the molecule is CC(C)(C)C(CC1OCCc2ccccc21)C(=O)O. The van der Waals surface area contributed by atoms with Gasteiger partial charge < -0.3 is 9.84 Å². The van der Waals surface area contributed by atoms with E-state index in [2.05, 4.69) is 12.1 Å². The van der Waals surface area contributed by atoms with Crippen LogP contribution in [0.25, 0.3) is 0 Å². The maximum Gasteiger partial charge on any atom is 0.307 e. The van der Waals surface area contributed by atoms with E-state index in [1.165, 1.54) is 5.56 Å². The first-order valence-corrected chi connectivity index (χ1v) is 6.82. The number of ether oxygens (including phenoxy) is 1. The first kappa shape index (κ1) is 14.1. The Hall–Kier alpha value is -1.35. The van der Waals surface area contributed by atoms with Crippen LogP contribution in [0.5, 0.6) is 0 Å². The van der Waals surface area contributed by atoms with Crippen molar-refractivity contribution in [1.29, 1.82) is 0 Å². The molecule has 1 aromatic rings. The van der Waals surface area contributed by atoms with Gasteiger partial charge in [-0.1, -0.05) is 45.0 Å². The molecule has 2 rings (SSSR count). The van der Waals surface area contributed by atoms with Crippen molar-refractivity contribution < 1.29 is 14.6 Å². The van der Waals surface area contributed by atoms with Gasteiger partial charge in [-0.05, 0) is 29.4 Å². The molecule has 0 radical (unpaired) electrons. The summed E-state index contributed by atoms with van der Waals surface area (Å²) in [5, 5.41) is 9.43. The first-order chi connectivity index (χ1) is 8.89. The van der Waals surface area contributed by atoms with Crippen LogP contribution in [0.2, 0.25) is 0 Å². The predicted molar refractivity (Wildman–Crippen MR) is 74.0 cm³/mol. The maximum absolute atomic E-state index is 11.5. The number of benzene rings is 1. The van der Waals surface area contributed by atoms with Crippen LogP contribution in [-0.2, 0) is 16.0 Å². The Balaban J connectivity index is 2.22. The number of aliphatic carboxylic acids is 1. The normalized spacial score (nSPS) is 20.7. The van der Waals surface area contributed by atoms with Gasteiger partial charge in [-0.3, -0.25) is 4.79 Å². The van der Waals surface area contributed by atoms with Crippen LogP contribution in [0.4, 0.5) is 0 Å². The van der Waals surface area contributed by atoms with Crippen molar-refractivity contribution in [3.63, 3.8) is 0 Å². The van der Waals surface area contributed by atoms with Crippen LogP contribution >= 0.6 is 0 Å². The lowest BCUT2D eigenvalue weighted by molar-refractivity contribution is -0.147. The van der Waals surface area contributed by atoms with Gasteiger partial charge in [0.1, 0.15) is 0 Å². The van der Waals surface area contributed by atoms with E-state index < -0.39 is 11.9 Å². The molecule has 0 saturated carbocycles. The van der Waals surface area contributed by atoms with Crippen LogP contribution in [0.15, 0.2) is 24.3 Å². The lowest BCUT2D eigenvalue weighted by atomic mass is 9.76. The zero-order chi connectivity index (χ0) is 14.0. The summed E-state index contributed by atoms with van der Waals surface area (Å²) in [5.74, 6) is -1.14. The van der Waals surface area contributed by atoms with Crippen molar-refractivity contribution in [2.75, 3.05) is 6.61 Å². The van der Waals surface area contributed by atoms with Gasteiger partial charge in [-0.2, -0.15) is 0 Å². The van der Waals surface area contributed by atoms with Gasteiger partial charge in [0.05, 0.1) is 18.6 Å². The Morgan fingerprint density at radius 1 is 1.42 bits per heavy atom. The van der Waals surface area contributed by atoms with Crippen molar-refractivity contribution in [1.82, 2.24) is 0 Å². The van der Waals surface area contributed by atoms with Crippen molar-refractivity contribution in [3.8, 4) is 0 Å². The third-order valence-electron chi connectivity index (χ3n) is 3.89. The number of fused-ring (bicyclic) bond motifs is 1. The summed E-state index contributed by atoms with van der Waals surface area (Å²) in [4.78, 5) is 11.5. The molecule has 3 heteroatoms. The number of rotatable bonds is 3. The molecule has 0 fully saturated rings. The zero-order valence-electron chi connectivity index (χ0n) is 11.8. The van der Waals surface area contributed by atoms with Crippen molar-refractivity contribution in [2.45, 2.75) is 39.7 Å². The van der Waals surface area contributed by atoms with Crippen LogP contribution in [-0.4, -0.2) is 17.7 Å². The lowest BCUT2D eigenvalue weighted by Gasteiger charge is -2.33. The number of hydrogen-bond acceptors (Lipinski definition) is 2. The summed E-state index contributed by atoms with van der Waals surface area (Å²) < 4.78 is 5.82.